The maximum Gasteiger partial charge on any atom is 0.138 e. The molecule has 2 aliphatic rings. The number of fused-ring (bicyclic) bond motifs is 2. The Bertz CT molecular complexity index is 531. The molecule has 3 nitrogen and oxygen atoms in total. The minimum atomic E-state index is 0.115. The van der Waals surface area contributed by atoms with Gasteiger partial charge in [-0.2, -0.15) is 0 Å². The van der Waals surface area contributed by atoms with Crippen LogP contribution >= 0.6 is 0 Å². The topological polar surface area (TPSA) is 40.1 Å². The summed E-state index contributed by atoms with van der Waals surface area (Å²) in [5, 5.41) is 0. The van der Waals surface area contributed by atoms with Crippen LogP contribution in [-0.4, -0.2) is 31.1 Å². The molecular weight excluding hydrogens is 224 g/mol. The van der Waals surface area contributed by atoms with E-state index in [0.717, 1.165) is 17.9 Å². The smallest absolute Gasteiger partial charge is 0.138 e. The number of benzene rings is 1. The molecule has 3 N–H and O–H groups in total. The first-order chi connectivity index (χ1) is 8.63. The van der Waals surface area contributed by atoms with Crippen molar-refractivity contribution in [2.24, 2.45) is 0 Å². The van der Waals surface area contributed by atoms with Crippen molar-refractivity contribution in [3.8, 4) is 5.75 Å². The molecule has 0 radical (unpaired) electrons. The Morgan fingerprint density at radius 1 is 1.28 bits per heavy atom. The Labute approximate surface area is 108 Å². The van der Waals surface area contributed by atoms with Gasteiger partial charge in [0, 0.05) is 30.2 Å². The third-order valence-electron chi connectivity index (χ3n) is 3.60. The molecule has 0 saturated heterocycles. The fourth-order valence-corrected chi connectivity index (χ4v) is 2.55. The highest BCUT2D eigenvalue weighted by molar-refractivity contribution is 5.49. The van der Waals surface area contributed by atoms with Gasteiger partial charge in [0.25, 0.3) is 0 Å². The van der Waals surface area contributed by atoms with Crippen molar-refractivity contribution in [3.05, 3.63) is 47.6 Å². The zero-order valence-corrected chi connectivity index (χ0v) is 10.9. The first kappa shape index (κ1) is 11.5. The number of hydrogen-bond donors (Lipinski definition) is 1. The summed E-state index contributed by atoms with van der Waals surface area (Å²) < 4.78 is 6.02. The zero-order valence-electron chi connectivity index (χ0n) is 10.9. The van der Waals surface area contributed by atoms with Crippen LogP contribution in [0.3, 0.4) is 0 Å². The second kappa shape index (κ2) is 4.26. The molecule has 3 rings (SSSR count). The largest absolute Gasteiger partial charge is 0.482 e. The fourth-order valence-electron chi connectivity index (χ4n) is 2.55. The Morgan fingerprint density at radius 2 is 2.11 bits per heavy atom. The van der Waals surface area contributed by atoms with Gasteiger partial charge in [-0.05, 0) is 31.8 Å². The Morgan fingerprint density at radius 3 is 2.89 bits per heavy atom. The molecule has 0 aromatic heterocycles. The predicted octanol–water partition coefficient (Wildman–Crippen LogP) is 1.29. The minimum absolute atomic E-state index is 0.115. The first-order valence-electron chi connectivity index (χ1n) is 6.30. The molecule has 94 valence electrons. The number of likely N-dealkylation sites (N-methyl/N-ethyl adjacent to an activating group) is 1. The summed E-state index contributed by atoms with van der Waals surface area (Å²) in [5.41, 5.74) is 7.63. The summed E-state index contributed by atoms with van der Waals surface area (Å²) in [6.45, 7) is 0. The van der Waals surface area contributed by atoms with E-state index in [0.29, 0.717) is 6.04 Å². The van der Waals surface area contributed by atoms with Crippen LogP contribution in [0.15, 0.2) is 42.0 Å². The van der Waals surface area contributed by atoms with Gasteiger partial charge < -0.3 is 10.5 Å². The monoisotopic (exact) mass is 243 g/mol. The molecule has 18 heavy (non-hydrogen) atoms. The zero-order chi connectivity index (χ0) is 12.7. The average Bonchev–Trinajstić information content (AvgIpc) is 2.35. The van der Waals surface area contributed by atoms with Gasteiger partial charge >= 0.3 is 0 Å². The van der Waals surface area contributed by atoms with E-state index in [4.69, 9.17) is 4.74 Å². The lowest BCUT2D eigenvalue weighted by molar-refractivity contribution is -0.254. The van der Waals surface area contributed by atoms with Crippen molar-refractivity contribution >= 4 is 5.69 Å². The van der Waals surface area contributed by atoms with Crippen LogP contribution in [0.1, 0.15) is 5.56 Å². The first-order valence-corrected chi connectivity index (χ1v) is 6.30. The number of nitrogens with zero attached hydrogens (tertiary/aromatic N) is 1. The number of hydrogen-bond acceptors (Lipinski definition) is 2. The van der Waals surface area contributed by atoms with E-state index >= 15 is 0 Å². The molecule has 0 amide bonds. The van der Waals surface area contributed by atoms with Crippen molar-refractivity contribution < 1.29 is 10.5 Å². The van der Waals surface area contributed by atoms with Gasteiger partial charge in [-0.25, -0.2) is 0 Å². The third kappa shape index (κ3) is 1.96. The highest BCUT2D eigenvalue weighted by Crippen LogP contribution is 2.34. The van der Waals surface area contributed by atoms with E-state index in [1.165, 1.54) is 11.1 Å². The van der Waals surface area contributed by atoms with E-state index in [2.05, 4.69) is 49.0 Å². The summed E-state index contributed by atoms with van der Waals surface area (Å²) in [6, 6.07) is 6.53. The van der Waals surface area contributed by atoms with Crippen molar-refractivity contribution in [2.75, 3.05) is 14.1 Å². The van der Waals surface area contributed by atoms with Gasteiger partial charge in [0.15, 0.2) is 0 Å². The van der Waals surface area contributed by atoms with Crippen LogP contribution < -0.4 is 10.5 Å². The molecular formula is C15H19N2O+. The van der Waals surface area contributed by atoms with Gasteiger partial charge in [0.05, 0.1) is 0 Å². The van der Waals surface area contributed by atoms with Crippen LogP contribution in [0.2, 0.25) is 0 Å². The summed E-state index contributed by atoms with van der Waals surface area (Å²) >= 11 is 0. The van der Waals surface area contributed by atoms with Crippen LogP contribution in [0.25, 0.3) is 0 Å². The quantitative estimate of drug-likeness (QED) is 0.755. The fraction of sp³-hybridized carbons (Fsp3) is 0.333. The molecule has 1 heterocycles. The minimum Gasteiger partial charge on any atom is -0.482 e. The maximum absolute atomic E-state index is 6.02. The SMILES string of the molecule is CN(C)C1C=CC2Oc3ccc([NH3+])cc3CC2=C1. The van der Waals surface area contributed by atoms with Crippen LogP contribution in [0, 0.1) is 0 Å². The van der Waals surface area contributed by atoms with Gasteiger partial charge in [-0.15, -0.1) is 0 Å². The third-order valence-corrected chi connectivity index (χ3v) is 3.60. The molecule has 2 unspecified atom stereocenters. The van der Waals surface area contributed by atoms with Gasteiger partial charge in [0.2, 0.25) is 0 Å². The molecule has 1 aromatic rings. The second-order valence-corrected chi connectivity index (χ2v) is 5.24. The molecule has 0 fully saturated rings. The van der Waals surface area contributed by atoms with Crippen molar-refractivity contribution in [2.45, 2.75) is 18.6 Å². The van der Waals surface area contributed by atoms with E-state index in [9.17, 15) is 0 Å². The summed E-state index contributed by atoms with van der Waals surface area (Å²) in [5.74, 6) is 0.998. The van der Waals surface area contributed by atoms with Crippen LogP contribution in [-0.2, 0) is 6.42 Å². The summed E-state index contributed by atoms with van der Waals surface area (Å²) in [4.78, 5) is 2.20. The van der Waals surface area contributed by atoms with Crippen LogP contribution in [0.4, 0.5) is 5.69 Å². The second-order valence-electron chi connectivity index (χ2n) is 5.24. The van der Waals surface area contributed by atoms with E-state index < -0.39 is 0 Å². The number of ether oxygens (including phenoxy) is 1. The van der Waals surface area contributed by atoms with Crippen LogP contribution in [0.5, 0.6) is 5.75 Å². The molecule has 2 atom stereocenters. The Kier molecular flexibility index (Phi) is 2.73. The molecule has 0 saturated carbocycles. The predicted molar refractivity (Wildman–Crippen MR) is 71.8 cm³/mol. The van der Waals surface area contributed by atoms with Gasteiger partial charge in [-0.1, -0.05) is 12.2 Å². The lowest BCUT2D eigenvalue weighted by atomic mass is 9.90. The van der Waals surface area contributed by atoms with E-state index in [1.807, 2.05) is 12.1 Å². The lowest BCUT2D eigenvalue weighted by Crippen LogP contribution is -2.40. The standard InChI is InChI=1S/C15H18N2O/c1-17(2)13-4-6-15-11(9-13)7-10-8-12(16)3-5-14(10)18-15/h3-6,8-9,13,15H,7,16H2,1-2H3/p+1. The molecule has 1 aromatic carbocycles. The maximum atomic E-state index is 6.02. The highest BCUT2D eigenvalue weighted by Gasteiger charge is 2.26. The summed E-state index contributed by atoms with van der Waals surface area (Å²) in [6.07, 6.45) is 7.77. The molecule has 3 heteroatoms. The normalized spacial score (nSPS) is 25.2. The van der Waals surface area contributed by atoms with Crippen molar-refractivity contribution in [1.82, 2.24) is 4.90 Å². The van der Waals surface area contributed by atoms with Crippen molar-refractivity contribution in [3.63, 3.8) is 0 Å². The molecule has 1 aliphatic carbocycles. The van der Waals surface area contributed by atoms with Gasteiger partial charge in [0.1, 0.15) is 17.5 Å². The molecule has 0 spiro atoms. The average molecular weight is 243 g/mol. The molecule has 1 aliphatic heterocycles. The van der Waals surface area contributed by atoms with E-state index in [-0.39, 0.29) is 6.10 Å². The lowest BCUT2D eigenvalue weighted by Gasteiger charge is -2.32. The van der Waals surface area contributed by atoms with Gasteiger partial charge in [-0.3, -0.25) is 4.90 Å². The summed E-state index contributed by atoms with van der Waals surface area (Å²) in [7, 11) is 4.19. The Hall–Kier alpha value is -1.58. The van der Waals surface area contributed by atoms with E-state index in [1.54, 1.807) is 0 Å². The van der Waals surface area contributed by atoms with Crippen molar-refractivity contribution in [1.29, 1.82) is 0 Å². The number of quaternary nitrogens is 1. The number of rotatable bonds is 1. The Balaban J connectivity index is 1.94. The highest BCUT2D eigenvalue weighted by atomic mass is 16.5. The molecule has 0 bridgehead atoms.